The first-order chi connectivity index (χ1) is 15.4. The third-order valence-corrected chi connectivity index (χ3v) is 5.82. The Morgan fingerprint density at radius 3 is 2.56 bits per heavy atom. The first kappa shape index (κ1) is 22.0. The summed E-state index contributed by atoms with van der Waals surface area (Å²) >= 11 is 0. The van der Waals surface area contributed by atoms with E-state index in [1.807, 2.05) is 93.6 Å². The van der Waals surface area contributed by atoms with Gasteiger partial charge < -0.3 is 19.7 Å². The number of aliphatic hydroxyl groups excluding tert-OH is 1. The van der Waals surface area contributed by atoms with E-state index in [0.717, 1.165) is 28.0 Å². The van der Waals surface area contributed by atoms with Gasteiger partial charge in [0.1, 0.15) is 29.5 Å². The Morgan fingerprint density at radius 2 is 1.81 bits per heavy atom. The molecule has 1 heterocycles. The summed E-state index contributed by atoms with van der Waals surface area (Å²) in [6.45, 7) is 6.38. The number of fused-ring (bicyclic) bond motifs is 1. The smallest absolute Gasteiger partial charge is 0.131 e. The molecule has 3 aromatic carbocycles. The highest BCUT2D eigenvalue weighted by atomic mass is 16.5. The minimum absolute atomic E-state index is 0.0549. The molecule has 2 N–H and O–H groups in total. The summed E-state index contributed by atoms with van der Waals surface area (Å²) in [6, 6.07) is 19.8. The zero-order chi connectivity index (χ0) is 22.7. The van der Waals surface area contributed by atoms with Gasteiger partial charge in [-0.15, -0.1) is 0 Å². The number of hydrogen-bond acceptors (Lipinski definition) is 4. The molecule has 0 radical (unpaired) electrons. The molecule has 166 valence electrons. The predicted molar refractivity (Wildman–Crippen MR) is 127 cm³/mol. The number of rotatable bonds is 7. The first-order valence-electron chi connectivity index (χ1n) is 11.0. The van der Waals surface area contributed by atoms with E-state index >= 15 is 0 Å². The van der Waals surface area contributed by atoms with E-state index in [9.17, 15) is 10.2 Å². The minimum atomic E-state index is -0.401. The monoisotopic (exact) mass is 430 g/mol. The number of aryl methyl sites for hydroxylation is 1. The second kappa shape index (κ2) is 9.09. The van der Waals surface area contributed by atoms with Gasteiger partial charge in [0.2, 0.25) is 0 Å². The van der Waals surface area contributed by atoms with Crippen molar-refractivity contribution in [3.8, 4) is 17.2 Å². The molecule has 0 bridgehead atoms. The molecule has 0 amide bonds. The van der Waals surface area contributed by atoms with Crippen LogP contribution in [0.1, 0.15) is 47.6 Å². The van der Waals surface area contributed by atoms with Gasteiger partial charge in [0, 0.05) is 5.92 Å². The molecule has 0 saturated heterocycles. The lowest BCUT2D eigenvalue weighted by Gasteiger charge is -2.29. The summed E-state index contributed by atoms with van der Waals surface area (Å²) in [5.74, 6) is 1.42. The highest BCUT2D eigenvalue weighted by Gasteiger charge is 2.26. The predicted octanol–water partition coefficient (Wildman–Crippen LogP) is 5.78. The summed E-state index contributed by atoms with van der Waals surface area (Å²) in [5, 5.41) is 21.2. The quantitative estimate of drug-likeness (QED) is 0.499. The van der Waals surface area contributed by atoms with Crippen molar-refractivity contribution in [1.82, 2.24) is 0 Å². The maximum atomic E-state index is 10.9. The Hall–Kier alpha value is -3.24. The summed E-state index contributed by atoms with van der Waals surface area (Å²) in [7, 11) is 0. The van der Waals surface area contributed by atoms with Crippen LogP contribution in [0.4, 0.5) is 0 Å². The first-order valence-corrected chi connectivity index (χ1v) is 11.0. The molecule has 1 unspecified atom stereocenters. The Morgan fingerprint density at radius 1 is 1.03 bits per heavy atom. The third-order valence-electron chi connectivity index (χ3n) is 5.82. The van der Waals surface area contributed by atoms with Gasteiger partial charge in [-0.1, -0.05) is 48.5 Å². The lowest BCUT2D eigenvalue weighted by Crippen LogP contribution is -2.27. The molecule has 3 aromatic rings. The molecule has 4 nitrogen and oxygen atoms in total. The molecular formula is C28H30O4. The number of benzene rings is 3. The van der Waals surface area contributed by atoms with Crippen LogP contribution in [0.15, 0.2) is 66.7 Å². The fourth-order valence-corrected chi connectivity index (χ4v) is 4.03. The van der Waals surface area contributed by atoms with E-state index in [2.05, 4.69) is 0 Å². The second-order valence-electron chi connectivity index (χ2n) is 8.92. The number of aliphatic hydroxyl groups is 1. The Bertz CT molecular complexity index is 1120. The van der Waals surface area contributed by atoms with Crippen molar-refractivity contribution < 1.29 is 19.7 Å². The number of phenolic OH excluding ortho intramolecular Hbond substituents is 1. The molecule has 0 fully saturated rings. The molecule has 1 aliphatic heterocycles. The highest BCUT2D eigenvalue weighted by molar-refractivity contribution is 5.68. The van der Waals surface area contributed by atoms with Gasteiger partial charge in [-0.25, -0.2) is 0 Å². The Balaban J connectivity index is 1.60. The van der Waals surface area contributed by atoms with Crippen LogP contribution in [0.2, 0.25) is 0 Å². The van der Waals surface area contributed by atoms with E-state index in [1.165, 1.54) is 0 Å². The van der Waals surface area contributed by atoms with Crippen LogP contribution < -0.4 is 9.47 Å². The largest absolute Gasteiger partial charge is 0.507 e. The summed E-state index contributed by atoms with van der Waals surface area (Å²) in [4.78, 5) is 0. The molecule has 0 saturated carbocycles. The molecule has 4 heteroatoms. The van der Waals surface area contributed by atoms with Gasteiger partial charge in [0.05, 0.1) is 12.2 Å². The van der Waals surface area contributed by atoms with Crippen molar-refractivity contribution in [3.63, 3.8) is 0 Å². The van der Waals surface area contributed by atoms with Crippen LogP contribution in [0.5, 0.6) is 17.2 Å². The van der Waals surface area contributed by atoms with Crippen molar-refractivity contribution in [2.45, 2.75) is 45.3 Å². The Labute approximate surface area is 189 Å². The number of aromatic hydroxyl groups is 1. The van der Waals surface area contributed by atoms with Crippen LogP contribution in [-0.2, 0) is 13.0 Å². The summed E-state index contributed by atoms with van der Waals surface area (Å²) in [6.07, 6.45) is 4.33. The molecule has 4 rings (SSSR count). The molecule has 0 aliphatic carbocycles. The zero-order valence-electron chi connectivity index (χ0n) is 18.8. The van der Waals surface area contributed by atoms with Crippen LogP contribution in [0.25, 0.3) is 6.08 Å². The topological polar surface area (TPSA) is 58.9 Å². The van der Waals surface area contributed by atoms with Crippen molar-refractivity contribution in [3.05, 3.63) is 94.6 Å². The van der Waals surface area contributed by atoms with E-state index in [-0.39, 0.29) is 18.3 Å². The average molecular weight is 431 g/mol. The molecule has 1 aliphatic rings. The van der Waals surface area contributed by atoms with Gasteiger partial charge in [-0.3, -0.25) is 0 Å². The van der Waals surface area contributed by atoms with Gasteiger partial charge in [0.15, 0.2) is 0 Å². The van der Waals surface area contributed by atoms with E-state index in [0.29, 0.717) is 24.3 Å². The van der Waals surface area contributed by atoms with E-state index in [4.69, 9.17) is 9.47 Å². The van der Waals surface area contributed by atoms with Crippen LogP contribution >= 0.6 is 0 Å². The maximum Gasteiger partial charge on any atom is 0.131 e. The standard InChI is InChI=1S/C28H30O4/c1-19-9-11-23(26(15-19)31-18-20-7-5-4-6-8-20)22(17-29)16-21-10-12-25-24(27(21)30)13-14-28(2,3)32-25/h4-15,22,29-30H,16-18H2,1-3H3. The van der Waals surface area contributed by atoms with Gasteiger partial charge in [-0.05, 0) is 73.7 Å². The molecule has 32 heavy (non-hydrogen) atoms. The fraction of sp³-hybridized carbons (Fsp3) is 0.286. The maximum absolute atomic E-state index is 10.9. The lowest BCUT2D eigenvalue weighted by molar-refractivity contribution is 0.158. The average Bonchev–Trinajstić information content (AvgIpc) is 2.78. The highest BCUT2D eigenvalue weighted by Crippen LogP contribution is 2.40. The molecular weight excluding hydrogens is 400 g/mol. The summed E-state index contributed by atoms with van der Waals surface area (Å²) < 4.78 is 12.1. The van der Waals surface area contributed by atoms with Crippen LogP contribution in [-0.4, -0.2) is 22.4 Å². The van der Waals surface area contributed by atoms with Crippen LogP contribution in [0.3, 0.4) is 0 Å². The number of ether oxygens (including phenoxy) is 2. The molecule has 0 aromatic heterocycles. The summed E-state index contributed by atoms with van der Waals surface area (Å²) in [5.41, 5.74) is 4.16. The normalized spacial score (nSPS) is 15.0. The van der Waals surface area contributed by atoms with Gasteiger partial charge in [0.25, 0.3) is 0 Å². The molecule has 1 atom stereocenters. The number of phenols is 1. The molecule has 0 spiro atoms. The lowest BCUT2D eigenvalue weighted by atomic mass is 9.89. The van der Waals surface area contributed by atoms with Crippen molar-refractivity contribution in [2.75, 3.05) is 6.61 Å². The number of hydrogen-bond donors (Lipinski definition) is 2. The Kier molecular flexibility index (Phi) is 6.24. The van der Waals surface area contributed by atoms with Crippen molar-refractivity contribution >= 4 is 6.08 Å². The van der Waals surface area contributed by atoms with Crippen LogP contribution in [0, 0.1) is 6.92 Å². The third kappa shape index (κ3) is 4.81. The second-order valence-corrected chi connectivity index (χ2v) is 8.92. The van der Waals surface area contributed by atoms with Crippen molar-refractivity contribution in [2.24, 2.45) is 0 Å². The SMILES string of the molecule is Cc1ccc(C(CO)Cc2ccc3c(c2O)C=CC(C)(C)O3)c(OCc2ccccc2)c1. The van der Waals surface area contributed by atoms with Gasteiger partial charge in [-0.2, -0.15) is 0 Å². The van der Waals surface area contributed by atoms with E-state index in [1.54, 1.807) is 0 Å². The zero-order valence-corrected chi connectivity index (χ0v) is 18.8. The van der Waals surface area contributed by atoms with E-state index < -0.39 is 5.60 Å². The fourth-order valence-electron chi connectivity index (χ4n) is 4.03. The minimum Gasteiger partial charge on any atom is -0.507 e. The van der Waals surface area contributed by atoms with Crippen molar-refractivity contribution in [1.29, 1.82) is 0 Å². The van der Waals surface area contributed by atoms with Gasteiger partial charge >= 0.3 is 0 Å².